The third kappa shape index (κ3) is 5.29. The van der Waals surface area contributed by atoms with Crippen LogP contribution in [0.2, 0.25) is 0 Å². The largest absolute Gasteiger partial charge is 0.444 e. The molecule has 0 radical (unpaired) electrons. The molecule has 22 heavy (non-hydrogen) atoms. The zero-order valence-corrected chi connectivity index (χ0v) is 15.0. The standard InChI is InChI=1S/C17H28N2O2S/c1-13-7-8-15(22-13)12-18-10-9-14-6-5-11-19(14)16(20)21-17(2,3)4/h7-8,14,18H,5-6,9-12H2,1-4H3. The SMILES string of the molecule is Cc1ccc(CNCCC2CCCN2C(=O)OC(C)(C)C)s1. The van der Waals surface area contributed by atoms with Crippen LogP contribution >= 0.6 is 11.3 Å². The van der Waals surface area contributed by atoms with E-state index in [-0.39, 0.29) is 6.09 Å². The highest BCUT2D eigenvalue weighted by molar-refractivity contribution is 7.11. The van der Waals surface area contributed by atoms with Gasteiger partial charge in [-0.1, -0.05) is 0 Å². The van der Waals surface area contributed by atoms with E-state index in [1.807, 2.05) is 37.0 Å². The second-order valence-electron chi connectivity index (χ2n) is 6.95. The predicted octanol–water partition coefficient (Wildman–Crippen LogP) is 3.94. The Balaban J connectivity index is 1.73. The molecule has 2 heterocycles. The average Bonchev–Trinajstić information content (AvgIpc) is 3.01. The van der Waals surface area contributed by atoms with Gasteiger partial charge in [0.2, 0.25) is 0 Å². The van der Waals surface area contributed by atoms with Crippen molar-refractivity contribution in [1.29, 1.82) is 0 Å². The number of amides is 1. The number of nitrogens with one attached hydrogen (secondary N) is 1. The number of rotatable bonds is 5. The van der Waals surface area contributed by atoms with Crippen LogP contribution in [0.5, 0.6) is 0 Å². The first-order chi connectivity index (χ1) is 10.3. The van der Waals surface area contributed by atoms with Gasteiger partial charge in [-0.05, 0) is 65.6 Å². The summed E-state index contributed by atoms with van der Waals surface area (Å²) in [6.45, 7) is 10.6. The van der Waals surface area contributed by atoms with Gasteiger partial charge in [0.1, 0.15) is 5.60 Å². The number of hydrogen-bond donors (Lipinski definition) is 1. The van der Waals surface area contributed by atoms with E-state index in [0.717, 1.165) is 38.9 Å². The van der Waals surface area contributed by atoms with Gasteiger partial charge in [0.05, 0.1) is 0 Å². The van der Waals surface area contributed by atoms with E-state index in [2.05, 4.69) is 24.4 Å². The lowest BCUT2D eigenvalue weighted by Gasteiger charge is -2.28. The van der Waals surface area contributed by atoms with E-state index in [9.17, 15) is 4.79 Å². The highest BCUT2D eigenvalue weighted by Gasteiger charge is 2.31. The first-order valence-corrected chi connectivity index (χ1v) is 8.92. The molecule has 0 spiro atoms. The van der Waals surface area contributed by atoms with Crippen LogP contribution in [0.25, 0.3) is 0 Å². The maximum atomic E-state index is 12.2. The lowest BCUT2D eigenvalue weighted by atomic mass is 10.1. The first kappa shape index (κ1) is 17.3. The van der Waals surface area contributed by atoms with Crippen LogP contribution in [0, 0.1) is 6.92 Å². The summed E-state index contributed by atoms with van der Waals surface area (Å²) in [6, 6.07) is 4.64. The molecule has 4 nitrogen and oxygen atoms in total. The molecule has 1 saturated heterocycles. The fourth-order valence-electron chi connectivity index (χ4n) is 2.76. The van der Waals surface area contributed by atoms with Gasteiger partial charge < -0.3 is 15.0 Å². The molecule has 1 aromatic heterocycles. The third-order valence-electron chi connectivity index (χ3n) is 3.75. The lowest BCUT2D eigenvalue weighted by Crippen LogP contribution is -2.40. The van der Waals surface area contributed by atoms with E-state index < -0.39 is 5.60 Å². The Hall–Kier alpha value is -1.07. The third-order valence-corrected chi connectivity index (χ3v) is 4.76. The molecule has 1 N–H and O–H groups in total. The fourth-order valence-corrected chi connectivity index (χ4v) is 3.62. The maximum absolute atomic E-state index is 12.2. The van der Waals surface area contributed by atoms with Crippen molar-refractivity contribution in [3.8, 4) is 0 Å². The summed E-state index contributed by atoms with van der Waals surface area (Å²) >= 11 is 1.84. The molecule has 5 heteroatoms. The highest BCUT2D eigenvalue weighted by Crippen LogP contribution is 2.22. The number of aryl methyl sites for hydroxylation is 1. The normalized spacial score (nSPS) is 18.7. The first-order valence-electron chi connectivity index (χ1n) is 8.11. The van der Waals surface area contributed by atoms with Crippen molar-refractivity contribution in [2.75, 3.05) is 13.1 Å². The molecule has 1 unspecified atom stereocenters. The summed E-state index contributed by atoms with van der Waals surface area (Å²) in [5.41, 5.74) is -0.417. The molecule has 2 rings (SSSR count). The van der Waals surface area contributed by atoms with E-state index in [1.165, 1.54) is 9.75 Å². The lowest BCUT2D eigenvalue weighted by molar-refractivity contribution is 0.0221. The molecule has 0 aromatic carbocycles. The van der Waals surface area contributed by atoms with Crippen molar-refractivity contribution in [2.24, 2.45) is 0 Å². The average molecular weight is 324 g/mol. The quantitative estimate of drug-likeness (QED) is 0.834. The Morgan fingerprint density at radius 1 is 1.45 bits per heavy atom. The number of nitrogens with zero attached hydrogens (tertiary/aromatic N) is 1. The monoisotopic (exact) mass is 324 g/mol. The molecule has 0 aliphatic carbocycles. The molecule has 1 aliphatic heterocycles. The fraction of sp³-hybridized carbons (Fsp3) is 0.706. The van der Waals surface area contributed by atoms with Gasteiger partial charge in [-0.2, -0.15) is 0 Å². The molecule has 0 bridgehead atoms. The molecule has 1 aliphatic rings. The van der Waals surface area contributed by atoms with Gasteiger partial charge in [0.15, 0.2) is 0 Å². The van der Waals surface area contributed by atoms with Crippen molar-refractivity contribution < 1.29 is 9.53 Å². The second kappa shape index (κ2) is 7.47. The Kier molecular flexibility index (Phi) is 5.87. The molecule has 0 saturated carbocycles. The maximum Gasteiger partial charge on any atom is 0.410 e. The van der Waals surface area contributed by atoms with Crippen molar-refractivity contribution in [1.82, 2.24) is 10.2 Å². The minimum absolute atomic E-state index is 0.163. The van der Waals surface area contributed by atoms with Crippen LogP contribution in [-0.4, -0.2) is 35.7 Å². The smallest absolute Gasteiger partial charge is 0.410 e. The van der Waals surface area contributed by atoms with E-state index in [4.69, 9.17) is 4.74 Å². The number of ether oxygens (including phenoxy) is 1. The van der Waals surface area contributed by atoms with Crippen LogP contribution in [-0.2, 0) is 11.3 Å². The molecule has 124 valence electrons. The summed E-state index contributed by atoms with van der Waals surface area (Å²) in [5, 5.41) is 3.48. The summed E-state index contributed by atoms with van der Waals surface area (Å²) in [6.07, 6.45) is 2.99. The van der Waals surface area contributed by atoms with Crippen molar-refractivity contribution >= 4 is 17.4 Å². The number of likely N-dealkylation sites (tertiary alicyclic amines) is 1. The van der Waals surface area contributed by atoms with Crippen LogP contribution in [0.1, 0.15) is 49.8 Å². The van der Waals surface area contributed by atoms with Crippen molar-refractivity contribution in [2.45, 2.75) is 65.1 Å². The van der Waals surface area contributed by atoms with Gasteiger partial charge in [-0.25, -0.2) is 4.79 Å². The van der Waals surface area contributed by atoms with Gasteiger partial charge in [-0.15, -0.1) is 11.3 Å². The summed E-state index contributed by atoms with van der Waals surface area (Å²) in [7, 11) is 0. The zero-order chi connectivity index (χ0) is 16.2. The Labute approximate surface area is 137 Å². The van der Waals surface area contributed by atoms with Crippen molar-refractivity contribution in [3.05, 3.63) is 21.9 Å². The molecule has 1 amide bonds. The Morgan fingerprint density at radius 2 is 2.23 bits per heavy atom. The summed E-state index contributed by atoms with van der Waals surface area (Å²) < 4.78 is 5.50. The molecule has 1 fully saturated rings. The molecular weight excluding hydrogens is 296 g/mol. The highest BCUT2D eigenvalue weighted by atomic mass is 32.1. The second-order valence-corrected chi connectivity index (χ2v) is 8.32. The van der Waals surface area contributed by atoms with Gasteiger partial charge in [0.25, 0.3) is 0 Å². The number of thiophene rings is 1. The Morgan fingerprint density at radius 3 is 2.86 bits per heavy atom. The minimum atomic E-state index is -0.417. The van der Waals surface area contributed by atoms with Crippen LogP contribution in [0.3, 0.4) is 0 Å². The van der Waals surface area contributed by atoms with E-state index >= 15 is 0 Å². The van der Waals surface area contributed by atoms with E-state index in [1.54, 1.807) is 0 Å². The Bertz CT molecular complexity index is 493. The van der Waals surface area contributed by atoms with Gasteiger partial charge in [-0.3, -0.25) is 0 Å². The molecule has 1 atom stereocenters. The van der Waals surface area contributed by atoms with Gasteiger partial charge in [0, 0.05) is 28.9 Å². The summed E-state index contributed by atoms with van der Waals surface area (Å²) in [4.78, 5) is 16.8. The van der Waals surface area contributed by atoms with Crippen LogP contribution < -0.4 is 5.32 Å². The minimum Gasteiger partial charge on any atom is -0.444 e. The van der Waals surface area contributed by atoms with Crippen LogP contribution in [0.4, 0.5) is 4.79 Å². The van der Waals surface area contributed by atoms with E-state index in [0.29, 0.717) is 6.04 Å². The van der Waals surface area contributed by atoms with Gasteiger partial charge >= 0.3 is 6.09 Å². The topological polar surface area (TPSA) is 41.6 Å². The molecular formula is C17H28N2O2S. The van der Waals surface area contributed by atoms with Crippen molar-refractivity contribution in [3.63, 3.8) is 0 Å². The number of hydrogen-bond acceptors (Lipinski definition) is 4. The molecule has 1 aromatic rings. The number of carbonyl (C=O) groups is 1. The zero-order valence-electron chi connectivity index (χ0n) is 14.1. The summed E-state index contributed by atoms with van der Waals surface area (Å²) in [5.74, 6) is 0. The number of carbonyl (C=O) groups excluding carboxylic acids is 1. The predicted molar refractivity (Wildman–Crippen MR) is 91.3 cm³/mol. The van der Waals surface area contributed by atoms with Crippen LogP contribution in [0.15, 0.2) is 12.1 Å².